The second kappa shape index (κ2) is 8.33. The Morgan fingerprint density at radius 3 is 2.28 bits per heavy atom. The topological polar surface area (TPSA) is 83.8 Å². The number of ether oxygens (including phenoxy) is 1. The van der Waals surface area contributed by atoms with Gasteiger partial charge in [0.05, 0.1) is 18.1 Å². The molecule has 0 saturated heterocycles. The summed E-state index contributed by atoms with van der Waals surface area (Å²) in [6, 6.07) is 11.7. The van der Waals surface area contributed by atoms with Crippen molar-refractivity contribution in [2.75, 3.05) is 6.61 Å². The third kappa shape index (κ3) is 4.83. The summed E-state index contributed by atoms with van der Waals surface area (Å²) in [4.78, 5) is 22.7. The number of aromatic carboxylic acids is 1. The number of aliphatic carboxylic acids is 1. The molecule has 0 saturated carbocycles. The van der Waals surface area contributed by atoms with E-state index < -0.39 is 17.9 Å². The monoisotopic (exact) mass is 342 g/mol. The molecule has 5 heteroatoms. The van der Waals surface area contributed by atoms with Crippen LogP contribution in [0, 0.1) is 6.92 Å². The van der Waals surface area contributed by atoms with Crippen LogP contribution in [0.4, 0.5) is 0 Å². The van der Waals surface area contributed by atoms with E-state index in [0.717, 1.165) is 28.9 Å². The van der Waals surface area contributed by atoms with Crippen LogP contribution in [0.25, 0.3) is 0 Å². The third-order valence-electron chi connectivity index (χ3n) is 4.03. The van der Waals surface area contributed by atoms with Crippen LogP contribution < -0.4 is 4.74 Å². The lowest BCUT2D eigenvalue weighted by molar-refractivity contribution is -0.138. The Labute approximate surface area is 146 Å². The third-order valence-corrected chi connectivity index (χ3v) is 4.03. The van der Waals surface area contributed by atoms with Crippen LogP contribution in [0.1, 0.15) is 46.3 Å². The summed E-state index contributed by atoms with van der Waals surface area (Å²) in [5, 5.41) is 18.6. The molecule has 25 heavy (non-hydrogen) atoms. The highest BCUT2D eigenvalue weighted by atomic mass is 16.5. The van der Waals surface area contributed by atoms with Gasteiger partial charge in [-0.1, -0.05) is 25.1 Å². The summed E-state index contributed by atoms with van der Waals surface area (Å²) >= 11 is 0. The zero-order valence-electron chi connectivity index (χ0n) is 14.4. The average Bonchev–Trinajstić information content (AvgIpc) is 2.58. The number of carboxylic acid groups (broad SMARTS) is 2. The Bertz CT molecular complexity index is 749. The fraction of sp³-hybridized carbons (Fsp3) is 0.300. The van der Waals surface area contributed by atoms with Crippen molar-refractivity contribution in [2.45, 2.75) is 32.6 Å². The maximum atomic E-state index is 11.8. The first-order valence-corrected chi connectivity index (χ1v) is 8.20. The summed E-state index contributed by atoms with van der Waals surface area (Å²) in [6.07, 6.45) is 1.20. The minimum atomic E-state index is -1.00. The summed E-state index contributed by atoms with van der Waals surface area (Å²) < 4.78 is 5.58. The molecule has 0 aliphatic heterocycles. The quantitative estimate of drug-likeness (QED) is 0.760. The molecule has 1 atom stereocenters. The average molecular weight is 342 g/mol. The van der Waals surface area contributed by atoms with E-state index in [1.807, 2.05) is 19.9 Å². The largest absolute Gasteiger partial charge is 0.494 e. The van der Waals surface area contributed by atoms with E-state index in [9.17, 15) is 14.7 Å². The molecule has 0 heterocycles. The van der Waals surface area contributed by atoms with Crippen LogP contribution in [-0.2, 0) is 11.2 Å². The van der Waals surface area contributed by atoms with Gasteiger partial charge in [0.25, 0.3) is 0 Å². The van der Waals surface area contributed by atoms with Crippen LogP contribution in [-0.4, -0.2) is 28.8 Å². The molecule has 0 radical (unpaired) electrons. The van der Waals surface area contributed by atoms with Crippen LogP contribution >= 0.6 is 0 Å². The summed E-state index contributed by atoms with van der Waals surface area (Å²) in [5.74, 6) is -1.87. The predicted octanol–water partition coefficient (Wildman–Crippen LogP) is 3.89. The first-order chi connectivity index (χ1) is 11.9. The highest BCUT2D eigenvalue weighted by molar-refractivity contribution is 5.87. The van der Waals surface area contributed by atoms with Crippen molar-refractivity contribution in [3.8, 4) is 5.75 Å². The fourth-order valence-electron chi connectivity index (χ4n) is 2.70. The SMILES string of the molecule is CCCOc1ccc(C(Cc2ccc(C(=O)O)cc2)C(=O)O)c(C)c1. The molecule has 2 rings (SSSR count). The number of hydrogen-bond donors (Lipinski definition) is 2. The molecule has 0 spiro atoms. The van der Waals surface area contributed by atoms with Gasteiger partial charge in [-0.2, -0.15) is 0 Å². The van der Waals surface area contributed by atoms with E-state index in [1.165, 1.54) is 12.1 Å². The second-order valence-corrected chi connectivity index (χ2v) is 5.96. The van der Waals surface area contributed by atoms with E-state index in [2.05, 4.69) is 0 Å². The molecule has 2 aromatic rings. The minimum Gasteiger partial charge on any atom is -0.494 e. The van der Waals surface area contributed by atoms with Crippen molar-refractivity contribution in [1.82, 2.24) is 0 Å². The lowest BCUT2D eigenvalue weighted by Gasteiger charge is -2.17. The molecule has 0 aromatic heterocycles. The van der Waals surface area contributed by atoms with Crippen molar-refractivity contribution in [1.29, 1.82) is 0 Å². The molecule has 1 unspecified atom stereocenters. The van der Waals surface area contributed by atoms with E-state index in [1.54, 1.807) is 24.3 Å². The molecular formula is C20H22O5. The first-order valence-electron chi connectivity index (χ1n) is 8.20. The lowest BCUT2D eigenvalue weighted by atomic mass is 9.89. The van der Waals surface area contributed by atoms with Gasteiger partial charge in [0.15, 0.2) is 0 Å². The summed E-state index contributed by atoms with van der Waals surface area (Å²) in [5.41, 5.74) is 2.56. The Morgan fingerprint density at radius 2 is 1.76 bits per heavy atom. The van der Waals surface area contributed by atoms with Crippen molar-refractivity contribution >= 4 is 11.9 Å². The normalized spacial score (nSPS) is 11.8. The number of carbonyl (C=O) groups is 2. The maximum Gasteiger partial charge on any atom is 0.335 e. The Balaban J connectivity index is 2.23. The van der Waals surface area contributed by atoms with Gasteiger partial charge in [-0.3, -0.25) is 4.79 Å². The molecule has 0 bridgehead atoms. The zero-order chi connectivity index (χ0) is 18.4. The molecule has 2 N–H and O–H groups in total. The maximum absolute atomic E-state index is 11.8. The number of aryl methyl sites for hydroxylation is 1. The molecule has 2 aromatic carbocycles. The highest BCUT2D eigenvalue weighted by Gasteiger charge is 2.22. The number of hydrogen-bond acceptors (Lipinski definition) is 3. The Kier molecular flexibility index (Phi) is 6.17. The fourth-order valence-corrected chi connectivity index (χ4v) is 2.70. The van der Waals surface area contributed by atoms with Gasteiger partial charge in [0.1, 0.15) is 5.75 Å². The number of carboxylic acids is 2. The molecule has 0 fully saturated rings. The second-order valence-electron chi connectivity index (χ2n) is 5.96. The lowest BCUT2D eigenvalue weighted by Crippen LogP contribution is -2.16. The van der Waals surface area contributed by atoms with Crippen LogP contribution in [0.5, 0.6) is 5.75 Å². The van der Waals surface area contributed by atoms with E-state index in [-0.39, 0.29) is 5.56 Å². The summed E-state index contributed by atoms with van der Waals surface area (Å²) in [7, 11) is 0. The van der Waals surface area contributed by atoms with Gasteiger partial charge in [0, 0.05) is 0 Å². The van der Waals surface area contributed by atoms with Crippen molar-refractivity contribution < 1.29 is 24.5 Å². The van der Waals surface area contributed by atoms with Gasteiger partial charge in [-0.25, -0.2) is 4.79 Å². The van der Waals surface area contributed by atoms with E-state index >= 15 is 0 Å². The van der Waals surface area contributed by atoms with Gasteiger partial charge in [-0.05, 0) is 60.7 Å². The highest BCUT2D eigenvalue weighted by Crippen LogP contribution is 2.27. The minimum absolute atomic E-state index is 0.184. The van der Waals surface area contributed by atoms with E-state index in [4.69, 9.17) is 9.84 Å². The van der Waals surface area contributed by atoms with Crippen molar-refractivity contribution in [2.24, 2.45) is 0 Å². The Hall–Kier alpha value is -2.82. The summed E-state index contributed by atoms with van der Waals surface area (Å²) in [6.45, 7) is 4.52. The smallest absolute Gasteiger partial charge is 0.335 e. The van der Waals surface area contributed by atoms with Gasteiger partial charge in [-0.15, -0.1) is 0 Å². The van der Waals surface area contributed by atoms with Crippen LogP contribution in [0.2, 0.25) is 0 Å². The Morgan fingerprint density at radius 1 is 1.08 bits per heavy atom. The van der Waals surface area contributed by atoms with E-state index in [0.29, 0.717) is 13.0 Å². The van der Waals surface area contributed by atoms with Crippen molar-refractivity contribution in [3.05, 3.63) is 64.7 Å². The molecule has 5 nitrogen and oxygen atoms in total. The predicted molar refractivity (Wildman–Crippen MR) is 94.4 cm³/mol. The molecule has 0 aliphatic rings. The van der Waals surface area contributed by atoms with Crippen LogP contribution in [0.15, 0.2) is 42.5 Å². The zero-order valence-corrected chi connectivity index (χ0v) is 14.4. The molecule has 0 aliphatic carbocycles. The van der Waals surface area contributed by atoms with Gasteiger partial charge < -0.3 is 14.9 Å². The first kappa shape index (κ1) is 18.5. The molecular weight excluding hydrogens is 320 g/mol. The number of rotatable bonds is 8. The van der Waals surface area contributed by atoms with Crippen molar-refractivity contribution in [3.63, 3.8) is 0 Å². The van der Waals surface area contributed by atoms with Crippen LogP contribution in [0.3, 0.4) is 0 Å². The molecule has 132 valence electrons. The number of benzene rings is 2. The van der Waals surface area contributed by atoms with Gasteiger partial charge >= 0.3 is 11.9 Å². The molecule has 0 amide bonds. The van der Waals surface area contributed by atoms with Gasteiger partial charge in [0.2, 0.25) is 0 Å². The standard InChI is InChI=1S/C20H22O5/c1-3-10-25-16-8-9-17(13(2)11-16)18(20(23)24)12-14-4-6-15(7-5-14)19(21)22/h4-9,11,18H,3,10,12H2,1-2H3,(H,21,22)(H,23,24).